The fourth-order valence-electron chi connectivity index (χ4n) is 2.80. The van der Waals surface area contributed by atoms with Crippen LogP contribution in [0.4, 0.5) is 0 Å². The molecule has 1 aliphatic rings. The van der Waals surface area contributed by atoms with Crippen molar-refractivity contribution in [3.8, 4) is 0 Å². The van der Waals surface area contributed by atoms with Crippen LogP contribution in [0.3, 0.4) is 0 Å². The molecule has 1 fully saturated rings. The molecule has 1 unspecified atom stereocenters. The number of aliphatic imine (C=N–C) groups is 1. The maximum absolute atomic E-state index is 5.48. The highest BCUT2D eigenvalue weighted by Crippen LogP contribution is 2.13. The molecule has 0 amide bonds. The van der Waals surface area contributed by atoms with Crippen molar-refractivity contribution in [1.82, 2.24) is 20.9 Å². The molecule has 0 radical (unpaired) electrons. The van der Waals surface area contributed by atoms with Crippen molar-refractivity contribution >= 4 is 29.9 Å². The zero-order chi connectivity index (χ0) is 18.0. The number of nitrogens with one attached hydrogen (secondary N) is 3. The molecule has 1 atom stereocenters. The van der Waals surface area contributed by atoms with E-state index in [-0.39, 0.29) is 29.5 Å². The van der Waals surface area contributed by atoms with E-state index in [1.165, 1.54) is 0 Å². The summed E-state index contributed by atoms with van der Waals surface area (Å²) in [6, 6.07) is 0.469. The van der Waals surface area contributed by atoms with Crippen LogP contribution < -0.4 is 16.0 Å². The monoisotopic (exact) mass is 469 g/mol. The second-order valence-electron chi connectivity index (χ2n) is 7.78. The minimum Gasteiger partial charge on any atom is -0.379 e. The van der Waals surface area contributed by atoms with Crippen molar-refractivity contribution in [1.29, 1.82) is 0 Å². The number of morpholine rings is 1. The normalized spacial score (nSPS) is 18.0. The molecule has 3 N–H and O–H groups in total. The summed E-state index contributed by atoms with van der Waals surface area (Å²) >= 11 is 0. The first-order valence-electron chi connectivity index (χ1n) is 9.42. The van der Waals surface area contributed by atoms with Crippen molar-refractivity contribution < 1.29 is 4.74 Å². The summed E-state index contributed by atoms with van der Waals surface area (Å²) in [5, 5.41) is 10.3. The highest BCUT2D eigenvalue weighted by Gasteiger charge is 2.23. The Hall–Kier alpha value is -0.120. The van der Waals surface area contributed by atoms with Gasteiger partial charge in [0.15, 0.2) is 5.96 Å². The maximum Gasteiger partial charge on any atom is 0.191 e. The zero-order valence-corrected chi connectivity index (χ0v) is 19.4. The summed E-state index contributed by atoms with van der Waals surface area (Å²) in [6.45, 7) is 20.4. The van der Waals surface area contributed by atoms with Gasteiger partial charge in [-0.2, -0.15) is 0 Å². The van der Waals surface area contributed by atoms with Crippen LogP contribution >= 0.6 is 24.0 Å². The average molecular weight is 469 g/mol. The molecule has 0 saturated carbocycles. The van der Waals surface area contributed by atoms with Gasteiger partial charge in [-0.3, -0.25) is 9.89 Å². The van der Waals surface area contributed by atoms with E-state index in [4.69, 9.17) is 9.73 Å². The van der Waals surface area contributed by atoms with E-state index < -0.39 is 0 Å². The number of ether oxygens (including phenoxy) is 1. The number of halogens is 1. The van der Waals surface area contributed by atoms with Gasteiger partial charge in [-0.25, -0.2) is 0 Å². The molecule has 0 aromatic rings. The molecule has 150 valence electrons. The van der Waals surface area contributed by atoms with Gasteiger partial charge in [0.2, 0.25) is 0 Å². The lowest BCUT2D eigenvalue weighted by atomic mass is 10.0. The van der Waals surface area contributed by atoms with Crippen LogP contribution in [0, 0.1) is 5.92 Å². The third-order valence-electron chi connectivity index (χ3n) is 4.14. The molecule has 1 saturated heterocycles. The van der Waals surface area contributed by atoms with E-state index in [1.54, 1.807) is 0 Å². The molecule has 1 aliphatic heterocycles. The van der Waals surface area contributed by atoms with Gasteiger partial charge in [0, 0.05) is 44.3 Å². The minimum atomic E-state index is 0. The van der Waals surface area contributed by atoms with Crippen LogP contribution in [0.1, 0.15) is 41.5 Å². The lowest BCUT2D eigenvalue weighted by Crippen LogP contribution is -2.48. The Morgan fingerprint density at radius 3 is 2.28 bits per heavy atom. The Kier molecular flexibility index (Phi) is 13.0. The molecule has 0 aromatic heterocycles. The fourth-order valence-corrected chi connectivity index (χ4v) is 2.80. The van der Waals surface area contributed by atoms with Crippen molar-refractivity contribution in [2.24, 2.45) is 10.9 Å². The lowest BCUT2D eigenvalue weighted by Gasteiger charge is -2.36. The van der Waals surface area contributed by atoms with Gasteiger partial charge in [0.1, 0.15) is 0 Å². The Labute approximate surface area is 171 Å². The van der Waals surface area contributed by atoms with Gasteiger partial charge in [-0.1, -0.05) is 13.8 Å². The van der Waals surface area contributed by atoms with Crippen LogP contribution in [0.25, 0.3) is 0 Å². The molecule has 25 heavy (non-hydrogen) atoms. The molecule has 0 spiro atoms. The molecule has 6 nitrogen and oxygen atoms in total. The summed E-state index contributed by atoms with van der Waals surface area (Å²) in [4.78, 5) is 7.34. The van der Waals surface area contributed by atoms with Crippen LogP contribution in [-0.4, -0.2) is 74.9 Å². The number of hydrogen-bond donors (Lipinski definition) is 3. The molecule has 0 bridgehead atoms. The van der Waals surface area contributed by atoms with E-state index >= 15 is 0 Å². The van der Waals surface area contributed by atoms with Crippen molar-refractivity contribution in [2.45, 2.75) is 53.1 Å². The van der Waals surface area contributed by atoms with Gasteiger partial charge >= 0.3 is 0 Å². The van der Waals surface area contributed by atoms with E-state index in [0.717, 1.165) is 58.4 Å². The van der Waals surface area contributed by atoms with Gasteiger partial charge in [0.25, 0.3) is 0 Å². The fraction of sp³-hybridized carbons (Fsp3) is 0.944. The topological polar surface area (TPSA) is 60.9 Å². The molecule has 0 aliphatic carbocycles. The zero-order valence-electron chi connectivity index (χ0n) is 17.0. The first-order chi connectivity index (χ1) is 11.3. The lowest BCUT2D eigenvalue weighted by molar-refractivity contribution is 0.00867. The summed E-state index contributed by atoms with van der Waals surface area (Å²) in [6.07, 6.45) is 0. The number of rotatable bonds is 8. The van der Waals surface area contributed by atoms with Gasteiger partial charge in [-0.15, -0.1) is 24.0 Å². The summed E-state index contributed by atoms with van der Waals surface area (Å²) in [5.74, 6) is 1.49. The van der Waals surface area contributed by atoms with E-state index in [2.05, 4.69) is 62.4 Å². The smallest absolute Gasteiger partial charge is 0.191 e. The predicted octanol–water partition coefficient (Wildman–Crippen LogP) is 1.90. The van der Waals surface area contributed by atoms with Crippen molar-refractivity contribution in [3.63, 3.8) is 0 Å². The quantitative estimate of drug-likeness (QED) is 0.220. The molecule has 0 aromatic carbocycles. The minimum absolute atomic E-state index is 0. The maximum atomic E-state index is 5.48. The van der Waals surface area contributed by atoms with Crippen LogP contribution in [-0.2, 0) is 4.74 Å². The molecule has 1 rings (SSSR count). The van der Waals surface area contributed by atoms with Crippen LogP contribution in [0.15, 0.2) is 4.99 Å². The second-order valence-corrected chi connectivity index (χ2v) is 7.78. The first kappa shape index (κ1) is 24.9. The Morgan fingerprint density at radius 1 is 1.12 bits per heavy atom. The Balaban J connectivity index is 0.00000576. The summed E-state index contributed by atoms with van der Waals surface area (Å²) in [7, 11) is 0. The first-order valence-corrected chi connectivity index (χ1v) is 9.42. The van der Waals surface area contributed by atoms with E-state index in [1.807, 2.05) is 0 Å². The number of hydrogen-bond acceptors (Lipinski definition) is 4. The molecular weight excluding hydrogens is 429 g/mol. The van der Waals surface area contributed by atoms with Gasteiger partial charge in [-0.05, 0) is 33.6 Å². The third-order valence-corrected chi connectivity index (χ3v) is 4.14. The Morgan fingerprint density at radius 2 is 1.76 bits per heavy atom. The van der Waals surface area contributed by atoms with Crippen LogP contribution in [0.5, 0.6) is 0 Å². The van der Waals surface area contributed by atoms with Gasteiger partial charge < -0.3 is 20.7 Å². The molecule has 1 heterocycles. The predicted molar refractivity (Wildman–Crippen MR) is 118 cm³/mol. The molecular formula is C18H40IN5O. The SMILES string of the molecule is CCNC(=NCC(C(C)C)N1CCOCC1)NCCNC(C)(C)C.I. The highest BCUT2D eigenvalue weighted by atomic mass is 127. The summed E-state index contributed by atoms with van der Waals surface area (Å²) in [5.41, 5.74) is 0.149. The molecule has 7 heteroatoms. The summed E-state index contributed by atoms with van der Waals surface area (Å²) < 4.78 is 5.48. The average Bonchev–Trinajstić information content (AvgIpc) is 2.51. The second kappa shape index (κ2) is 13.1. The highest BCUT2D eigenvalue weighted by molar-refractivity contribution is 14.0. The van der Waals surface area contributed by atoms with Crippen LogP contribution in [0.2, 0.25) is 0 Å². The number of guanidine groups is 1. The number of nitrogens with zero attached hydrogens (tertiary/aromatic N) is 2. The van der Waals surface area contributed by atoms with Gasteiger partial charge in [0.05, 0.1) is 19.8 Å². The largest absolute Gasteiger partial charge is 0.379 e. The third kappa shape index (κ3) is 11.2. The van der Waals surface area contributed by atoms with E-state index in [0.29, 0.717) is 12.0 Å². The van der Waals surface area contributed by atoms with Crippen molar-refractivity contribution in [3.05, 3.63) is 0 Å². The standard InChI is InChI=1S/C18H39N5O.HI/c1-7-19-17(20-8-9-22-18(4,5)6)21-14-16(15(2)3)23-10-12-24-13-11-23;/h15-16,22H,7-14H2,1-6H3,(H2,19,20,21);1H. The van der Waals surface area contributed by atoms with Crippen molar-refractivity contribution in [2.75, 3.05) is 52.5 Å². The Bertz CT molecular complexity index is 365. The van der Waals surface area contributed by atoms with E-state index in [9.17, 15) is 0 Å².